The first-order valence-corrected chi connectivity index (χ1v) is 17.0. The molecule has 1 heterocycles. The summed E-state index contributed by atoms with van der Waals surface area (Å²) in [5.41, 5.74) is -0.962. The molecule has 15 heteroatoms. The number of nitrogens with one attached hydrogen (secondary N) is 4. The third-order valence-corrected chi connectivity index (χ3v) is 8.90. The van der Waals surface area contributed by atoms with Gasteiger partial charge < -0.3 is 21.3 Å². The van der Waals surface area contributed by atoms with Crippen molar-refractivity contribution in [3.05, 3.63) is 24.3 Å². The molecule has 1 aromatic heterocycles. The molecule has 2 unspecified atom stereocenters. The number of carbonyl (C=O) groups is 6. The first kappa shape index (κ1) is 41.1. The van der Waals surface area contributed by atoms with E-state index in [1.807, 2.05) is 6.92 Å². The lowest BCUT2D eigenvalue weighted by Gasteiger charge is -2.37. The Kier molecular flexibility index (Phi) is 15.7. The minimum Gasteiger partial charge on any atom is -0.347 e. The zero-order valence-corrected chi connectivity index (χ0v) is 29.8. The molecule has 1 aromatic rings. The number of aromatic nitrogens is 2. The summed E-state index contributed by atoms with van der Waals surface area (Å²) >= 11 is 0. The Morgan fingerprint density at radius 1 is 0.959 bits per heavy atom. The maximum absolute atomic E-state index is 14.4. The molecule has 0 spiro atoms. The summed E-state index contributed by atoms with van der Waals surface area (Å²) in [7, 11) is 0. The molecular formula is C34H53F2N7O6. The van der Waals surface area contributed by atoms with Gasteiger partial charge >= 0.3 is 6.03 Å². The number of hydrogen-bond acceptors (Lipinski definition) is 8. The van der Waals surface area contributed by atoms with Gasteiger partial charge in [-0.1, -0.05) is 61.3 Å². The number of nitrogens with zero attached hydrogens (tertiary/aromatic N) is 3. The summed E-state index contributed by atoms with van der Waals surface area (Å²) in [5, 5.41) is 10.3. The third kappa shape index (κ3) is 12.4. The Morgan fingerprint density at radius 3 is 2.14 bits per heavy atom. The maximum Gasteiger partial charge on any atom is 0.324 e. The van der Waals surface area contributed by atoms with Crippen molar-refractivity contribution in [2.45, 2.75) is 125 Å². The van der Waals surface area contributed by atoms with Crippen molar-refractivity contribution in [2.24, 2.45) is 23.2 Å². The van der Waals surface area contributed by atoms with E-state index in [-0.39, 0.29) is 30.1 Å². The van der Waals surface area contributed by atoms with E-state index < -0.39 is 84.2 Å². The molecule has 0 radical (unpaired) electrons. The average molecular weight is 694 g/mol. The van der Waals surface area contributed by atoms with Gasteiger partial charge in [0, 0.05) is 31.4 Å². The Bertz CT molecular complexity index is 1310. The van der Waals surface area contributed by atoms with Crippen molar-refractivity contribution in [2.75, 3.05) is 6.54 Å². The summed E-state index contributed by atoms with van der Waals surface area (Å²) in [4.78, 5) is 89.5. The molecule has 49 heavy (non-hydrogen) atoms. The Balaban J connectivity index is 2.43. The van der Waals surface area contributed by atoms with Gasteiger partial charge in [-0.15, -0.1) is 0 Å². The second-order valence-corrected chi connectivity index (χ2v) is 14.3. The highest BCUT2D eigenvalue weighted by Gasteiger charge is 2.42. The molecule has 2 rings (SSSR count). The summed E-state index contributed by atoms with van der Waals surface area (Å²) in [6.07, 6.45) is 2.87. The number of hydrogen-bond donors (Lipinski definition) is 4. The summed E-state index contributed by atoms with van der Waals surface area (Å²) in [6, 6.07) is -5.41. The molecule has 6 amide bonds. The highest BCUT2D eigenvalue weighted by molar-refractivity contribution is 6.38. The van der Waals surface area contributed by atoms with E-state index in [9.17, 15) is 37.5 Å². The van der Waals surface area contributed by atoms with Crippen LogP contribution in [-0.2, 0) is 19.2 Å². The van der Waals surface area contributed by atoms with Crippen LogP contribution in [0.5, 0.6) is 0 Å². The van der Waals surface area contributed by atoms with E-state index in [0.717, 1.165) is 24.2 Å². The normalized spacial score (nSPS) is 18.6. The number of carbonyl (C=O) groups excluding carboxylic acids is 6. The standard InChI is InChI=1S/C34H53F2N7O6/c1-9-21(5)39-31(47)27(44)23(13-14-25(35)36)40-33(49)43(18-22-12-10-11-20(22)4)32(48)28(34(6,7)8)42-30(46)26(19(2)3)41-29(45)24-17-37-15-16-38-24/h15-17,19-23,25-26,28H,9-14,18H2,1-8H3,(H,39,47)(H,40,49)(H,41,45)(H,42,46)/t20-,21-,22-,23?,26+,28?/m0/s1. The smallest absolute Gasteiger partial charge is 0.324 e. The fraction of sp³-hybridized carbons (Fsp3) is 0.706. The molecule has 0 aromatic carbocycles. The molecular weight excluding hydrogens is 640 g/mol. The number of halogens is 2. The molecule has 0 saturated heterocycles. The largest absolute Gasteiger partial charge is 0.347 e. The highest BCUT2D eigenvalue weighted by Crippen LogP contribution is 2.32. The lowest BCUT2D eigenvalue weighted by Crippen LogP contribution is -2.62. The molecule has 13 nitrogen and oxygen atoms in total. The minimum absolute atomic E-state index is 0.00768. The van der Waals surface area contributed by atoms with E-state index in [2.05, 4.69) is 31.2 Å². The molecule has 274 valence electrons. The quantitative estimate of drug-likeness (QED) is 0.190. The van der Waals surface area contributed by atoms with Crippen LogP contribution >= 0.6 is 0 Å². The van der Waals surface area contributed by atoms with Gasteiger partial charge in [-0.05, 0) is 49.4 Å². The van der Waals surface area contributed by atoms with Crippen molar-refractivity contribution < 1.29 is 37.5 Å². The predicted molar refractivity (Wildman–Crippen MR) is 178 cm³/mol. The van der Waals surface area contributed by atoms with E-state index >= 15 is 0 Å². The second-order valence-electron chi connectivity index (χ2n) is 14.3. The van der Waals surface area contributed by atoms with Crippen molar-refractivity contribution in [3.63, 3.8) is 0 Å². The number of rotatable bonds is 16. The number of alkyl halides is 2. The zero-order valence-electron chi connectivity index (χ0n) is 29.8. The lowest BCUT2D eigenvalue weighted by atomic mass is 9.85. The molecule has 0 bridgehead atoms. The first-order valence-electron chi connectivity index (χ1n) is 17.0. The molecule has 1 fully saturated rings. The van der Waals surface area contributed by atoms with Crippen molar-refractivity contribution in [3.8, 4) is 0 Å². The van der Waals surface area contributed by atoms with Crippen LogP contribution in [0, 0.1) is 23.2 Å². The number of ketones is 1. The molecule has 1 saturated carbocycles. The molecule has 0 aliphatic heterocycles. The fourth-order valence-electron chi connectivity index (χ4n) is 5.55. The zero-order chi connectivity index (χ0) is 37.1. The molecule has 1 aliphatic rings. The predicted octanol–water partition coefficient (Wildman–Crippen LogP) is 3.63. The number of amides is 6. The van der Waals surface area contributed by atoms with E-state index in [0.29, 0.717) is 6.42 Å². The minimum atomic E-state index is -2.80. The van der Waals surface area contributed by atoms with Gasteiger partial charge in [-0.25, -0.2) is 18.6 Å². The van der Waals surface area contributed by atoms with Crippen LogP contribution in [0.25, 0.3) is 0 Å². The Hall–Kier alpha value is -4.04. The lowest BCUT2D eigenvalue weighted by molar-refractivity contribution is -0.140. The van der Waals surface area contributed by atoms with Crippen molar-refractivity contribution in [1.29, 1.82) is 0 Å². The highest BCUT2D eigenvalue weighted by atomic mass is 19.3. The topological polar surface area (TPSA) is 180 Å². The number of Topliss-reactive ketones (excluding diaryl/α,β-unsaturated/α-hetero) is 1. The molecule has 1 aliphatic carbocycles. The van der Waals surface area contributed by atoms with Gasteiger partial charge in [-0.3, -0.25) is 33.9 Å². The van der Waals surface area contributed by atoms with Gasteiger partial charge in [-0.2, -0.15) is 0 Å². The summed E-state index contributed by atoms with van der Waals surface area (Å²) in [6.45, 7) is 13.9. The number of imide groups is 1. The van der Waals surface area contributed by atoms with Gasteiger partial charge in [0.1, 0.15) is 17.8 Å². The van der Waals surface area contributed by atoms with E-state index in [1.54, 1.807) is 48.5 Å². The van der Waals surface area contributed by atoms with E-state index in [4.69, 9.17) is 0 Å². The third-order valence-electron chi connectivity index (χ3n) is 8.90. The SMILES string of the molecule is CC[C@H](C)NC(=O)C(=O)C(CCC(F)F)NC(=O)N(C[C@@H]1CCC[C@@H]1C)C(=O)C(NC(=O)[C@H](NC(=O)c1cnccn1)C(C)C)C(C)(C)C. The van der Waals surface area contributed by atoms with Gasteiger partial charge in [0.15, 0.2) is 0 Å². The van der Waals surface area contributed by atoms with Crippen LogP contribution < -0.4 is 21.3 Å². The Labute approximate surface area is 287 Å². The van der Waals surface area contributed by atoms with Crippen molar-refractivity contribution >= 4 is 35.4 Å². The summed E-state index contributed by atoms with van der Waals surface area (Å²) in [5.74, 6) is -4.60. The maximum atomic E-state index is 14.4. The van der Waals surface area contributed by atoms with Crippen LogP contribution in [0.3, 0.4) is 0 Å². The summed E-state index contributed by atoms with van der Waals surface area (Å²) < 4.78 is 26.5. The molecule has 6 atom stereocenters. The van der Waals surface area contributed by atoms with Crippen LogP contribution in [0.1, 0.15) is 104 Å². The monoisotopic (exact) mass is 693 g/mol. The fourth-order valence-corrected chi connectivity index (χ4v) is 5.55. The average Bonchev–Trinajstić information content (AvgIpc) is 3.45. The van der Waals surface area contributed by atoms with Gasteiger partial charge in [0.25, 0.3) is 17.7 Å². The van der Waals surface area contributed by atoms with Gasteiger partial charge in [0.2, 0.25) is 18.1 Å². The first-order chi connectivity index (χ1) is 22.9. The molecule has 4 N–H and O–H groups in total. The second kappa shape index (κ2) is 18.6. The van der Waals surface area contributed by atoms with Crippen LogP contribution in [0.2, 0.25) is 0 Å². The van der Waals surface area contributed by atoms with Crippen LogP contribution in [-0.4, -0.2) is 87.4 Å². The van der Waals surface area contributed by atoms with E-state index in [1.165, 1.54) is 18.6 Å². The van der Waals surface area contributed by atoms with Crippen molar-refractivity contribution in [1.82, 2.24) is 36.1 Å². The van der Waals surface area contributed by atoms with Crippen LogP contribution in [0.4, 0.5) is 13.6 Å². The number of urea groups is 1. The van der Waals surface area contributed by atoms with Crippen LogP contribution in [0.15, 0.2) is 18.6 Å². The Morgan fingerprint density at radius 2 is 1.63 bits per heavy atom. The van der Waals surface area contributed by atoms with Gasteiger partial charge in [0.05, 0.1) is 12.2 Å².